The standard InChI is InChI=1S/C10H21NO2S/c1-8(2)11(9(3)4)14(12,13)10-6-5-7-10/h8-10H,5-7H2,1-4H3. The van der Waals surface area contributed by atoms with Crippen LogP contribution in [0.15, 0.2) is 0 Å². The zero-order chi connectivity index (χ0) is 10.9. The molecule has 1 aliphatic rings. The molecule has 0 atom stereocenters. The second kappa shape index (κ2) is 4.19. The van der Waals surface area contributed by atoms with Gasteiger partial charge in [0.25, 0.3) is 0 Å². The third-order valence-electron chi connectivity index (χ3n) is 2.79. The van der Waals surface area contributed by atoms with Crippen LogP contribution in [0.2, 0.25) is 0 Å². The van der Waals surface area contributed by atoms with E-state index in [9.17, 15) is 8.42 Å². The normalized spacial score (nSPS) is 19.4. The Morgan fingerprint density at radius 2 is 1.50 bits per heavy atom. The molecule has 0 spiro atoms. The second-order valence-corrected chi connectivity index (χ2v) is 6.73. The fourth-order valence-corrected chi connectivity index (χ4v) is 4.47. The van der Waals surface area contributed by atoms with E-state index in [-0.39, 0.29) is 17.3 Å². The third-order valence-corrected chi connectivity index (χ3v) is 5.53. The summed E-state index contributed by atoms with van der Waals surface area (Å²) in [5.74, 6) is 0. The van der Waals surface area contributed by atoms with E-state index >= 15 is 0 Å². The van der Waals surface area contributed by atoms with Gasteiger partial charge in [-0.1, -0.05) is 6.42 Å². The van der Waals surface area contributed by atoms with Crippen LogP contribution in [0.1, 0.15) is 47.0 Å². The van der Waals surface area contributed by atoms with Crippen molar-refractivity contribution in [1.82, 2.24) is 4.31 Å². The molecule has 0 saturated heterocycles. The molecular formula is C10H21NO2S. The molecule has 0 aromatic heterocycles. The Balaban J connectivity index is 2.86. The van der Waals surface area contributed by atoms with Crippen molar-refractivity contribution in [2.75, 3.05) is 0 Å². The maximum atomic E-state index is 12.1. The average Bonchev–Trinajstić information content (AvgIpc) is 1.75. The Hall–Kier alpha value is -0.0900. The van der Waals surface area contributed by atoms with Gasteiger partial charge >= 0.3 is 0 Å². The molecule has 0 bridgehead atoms. The SMILES string of the molecule is CC(C)N(C(C)C)S(=O)(=O)C1CCC1. The zero-order valence-corrected chi connectivity index (χ0v) is 10.3. The summed E-state index contributed by atoms with van der Waals surface area (Å²) in [5.41, 5.74) is 0. The monoisotopic (exact) mass is 219 g/mol. The highest BCUT2D eigenvalue weighted by Crippen LogP contribution is 2.30. The molecule has 4 heteroatoms. The van der Waals surface area contributed by atoms with Gasteiger partial charge in [-0.15, -0.1) is 0 Å². The molecule has 0 radical (unpaired) electrons. The van der Waals surface area contributed by atoms with E-state index in [1.807, 2.05) is 27.7 Å². The fraction of sp³-hybridized carbons (Fsp3) is 1.00. The lowest BCUT2D eigenvalue weighted by molar-refractivity contribution is 0.289. The summed E-state index contributed by atoms with van der Waals surface area (Å²) in [6.07, 6.45) is 2.75. The van der Waals surface area contributed by atoms with E-state index in [2.05, 4.69) is 0 Å². The van der Waals surface area contributed by atoms with Crippen LogP contribution in [0.25, 0.3) is 0 Å². The van der Waals surface area contributed by atoms with Gasteiger partial charge in [0.15, 0.2) is 0 Å². The number of rotatable bonds is 4. The molecule has 14 heavy (non-hydrogen) atoms. The minimum atomic E-state index is -3.03. The summed E-state index contributed by atoms with van der Waals surface area (Å²) in [6.45, 7) is 7.76. The largest absolute Gasteiger partial charge is 0.217 e. The Morgan fingerprint density at radius 3 is 1.71 bits per heavy atom. The van der Waals surface area contributed by atoms with Crippen LogP contribution in [0.5, 0.6) is 0 Å². The second-order valence-electron chi connectivity index (χ2n) is 4.62. The molecule has 1 aliphatic carbocycles. The molecule has 0 amide bonds. The number of hydrogen-bond donors (Lipinski definition) is 0. The molecule has 0 N–H and O–H groups in total. The van der Waals surface area contributed by atoms with Gasteiger partial charge in [-0.2, -0.15) is 4.31 Å². The minimum Gasteiger partial charge on any atom is -0.212 e. The molecule has 0 heterocycles. The molecule has 0 aromatic rings. The lowest BCUT2D eigenvalue weighted by atomic mass is 10.0. The van der Waals surface area contributed by atoms with Crippen LogP contribution in [0.4, 0.5) is 0 Å². The van der Waals surface area contributed by atoms with Crippen molar-refractivity contribution in [2.45, 2.75) is 64.3 Å². The van der Waals surface area contributed by atoms with Crippen LogP contribution in [0, 0.1) is 0 Å². The van der Waals surface area contributed by atoms with Crippen molar-refractivity contribution in [1.29, 1.82) is 0 Å². The van der Waals surface area contributed by atoms with Crippen molar-refractivity contribution in [2.24, 2.45) is 0 Å². The van der Waals surface area contributed by atoms with Crippen LogP contribution in [-0.4, -0.2) is 30.1 Å². The van der Waals surface area contributed by atoms with Crippen molar-refractivity contribution in [3.8, 4) is 0 Å². The van der Waals surface area contributed by atoms with Crippen LogP contribution in [0.3, 0.4) is 0 Å². The van der Waals surface area contributed by atoms with Crippen LogP contribution in [-0.2, 0) is 10.0 Å². The summed E-state index contributed by atoms with van der Waals surface area (Å²) in [4.78, 5) is 0. The van der Waals surface area contributed by atoms with Crippen molar-refractivity contribution in [3.63, 3.8) is 0 Å². The van der Waals surface area contributed by atoms with Gasteiger partial charge in [0.2, 0.25) is 10.0 Å². The fourth-order valence-electron chi connectivity index (χ4n) is 2.02. The molecule has 0 aliphatic heterocycles. The van der Waals surface area contributed by atoms with E-state index in [1.54, 1.807) is 4.31 Å². The highest BCUT2D eigenvalue weighted by molar-refractivity contribution is 7.89. The molecule has 1 saturated carbocycles. The topological polar surface area (TPSA) is 37.4 Å². The first-order chi connectivity index (χ1) is 6.37. The van der Waals surface area contributed by atoms with E-state index < -0.39 is 10.0 Å². The highest BCUT2D eigenvalue weighted by Gasteiger charge is 2.38. The van der Waals surface area contributed by atoms with Crippen molar-refractivity contribution < 1.29 is 8.42 Å². The van der Waals surface area contributed by atoms with Crippen LogP contribution >= 0.6 is 0 Å². The number of nitrogens with zero attached hydrogens (tertiary/aromatic N) is 1. The van der Waals surface area contributed by atoms with E-state index in [4.69, 9.17) is 0 Å². The van der Waals surface area contributed by atoms with Gasteiger partial charge in [0.05, 0.1) is 5.25 Å². The molecule has 1 rings (SSSR count). The van der Waals surface area contributed by atoms with Gasteiger partial charge in [-0.3, -0.25) is 0 Å². The Bertz CT molecular complexity index is 270. The molecule has 84 valence electrons. The first-order valence-electron chi connectivity index (χ1n) is 5.39. The smallest absolute Gasteiger partial charge is 0.212 e. The lowest BCUT2D eigenvalue weighted by Crippen LogP contribution is -2.48. The van der Waals surface area contributed by atoms with Gasteiger partial charge in [0.1, 0.15) is 0 Å². The molecule has 0 aromatic carbocycles. The number of hydrogen-bond acceptors (Lipinski definition) is 2. The molecule has 3 nitrogen and oxygen atoms in total. The van der Waals surface area contributed by atoms with E-state index in [1.165, 1.54) is 0 Å². The first-order valence-corrected chi connectivity index (χ1v) is 6.90. The predicted octanol–water partition coefficient (Wildman–Crippen LogP) is 1.99. The van der Waals surface area contributed by atoms with Crippen molar-refractivity contribution in [3.05, 3.63) is 0 Å². The predicted molar refractivity (Wildman–Crippen MR) is 58.7 cm³/mol. The minimum absolute atomic E-state index is 0.0700. The molecular weight excluding hydrogens is 198 g/mol. The Morgan fingerprint density at radius 1 is 1.07 bits per heavy atom. The van der Waals surface area contributed by atoms with Gasteiger partial charge in [-0.05, 0) is 40.5 Å². The van der Waals surface area contributed by atoms with Crippen molar-refractivity contribution >= 4 is 10.0 Å². The summed E-state index contributed by atoms with van der Waals surface area (Å²) in [5, 5.41) is -0.104. The molecule has 0 unspecified atom stereocenters. The lowest BCUT2D eigenvalue weighted by Gasteiger charge is -2.36. The van der Waals surface area contributed by atoms with E-state index in [0.717, 1.165) is 19.3 Å². The highest BCUT2D eigenvalue weighted by atomic mass is 32.2. The van der Waals surface area contributed by atoms with E-state index in [0.29, 0.717) is 0 Å². The average molecular weight is 219 g/mol. The maximum Gasteiger partial charge on any atom is 0.217 e. The summed E-state index contributed by atoms with van der Waals surface area (Å²) >= 11 is 0. The Labute approximate surface area is 87.5 Å². The van der Waals surface area contributed by atoms with Gasteiger partial charge < -0.3 is 0 Å². The van der Waals surface area contributed by atoms with Gasteiger partial charge in [0, 0.05) is 12.1 Å². The zero-order valence-electron chi connectivity index (χ0n) is 9.53. The third kappa shape index (κ3) is 2.11. The Kier molecular flexibility index (Phi) is 3.58. The van der Waals surface area contributed by atoms with Gasteiger partial charge in [-0.25, -0.2) is 8.42 Å². The molecule has 1 fully saturated rings. The summed E-state index contributed by atoms with van der Waals surface area (Å²) in [7, 11) is -3.03. The summed E-state index contributed by atoms with van der Waals surface area (Å²) < 4.78 is 25.9. The number of sulfonamides is 1. The van der Waals surface area contributed by atoms with Crippen LogP contribution < -0.4 is 0 Å². The quantitative estimate of drug-likeness (QED) is 0.725. The first kappa shape index (κ1) is 12.0. The summed E-state index contributed by atoms with van der Waals surface area (Å²) in [6, 6.07) is 0.140. The maximum absolute atomic E-state index is 12.1.